The SMILES string of the molecule is COc1ccc2c(c1OC)C(=O)O[C@@H]2[C@H]1c2c(c(C#N)c3c(c2OC)OCO3)CCN1C. The van der Waals surface area contributed by atoms with Crippen molar-refractivity contribution in [2.24, 2.45) is 0 Å². The normalized spacial score (nSPS) is 20.8. The number of benzene rings is 2. The van der Waals surface area contributed by atoms with Gasteiger partial charge in [0.1, 0.15) is 23.3 Å². The molecule has 0 N–H and O–H groups in total. The van der Waals surface area contributed by atoms with Gasteiger partial charge in [0, 0.05) is 17.7 Å². The Balaban J connectivity index is 1.74. The zero-order chi connectivity index (χ0) is 22.6. The molecule has 0 aliphatic carbocycles. The first-order chi connectivity index (χ1) is 15.5. The lowest BCUT2D eigenvalue weighted by molar-refractivity contribution is 0.00872. The van der Waals surface area contributed by atoms with Gasteiger partial charge >= 0.3 is 5.97 Å². The lowest BCUT2D eigenvalue weighted by Gasteiger charge is -2.38. The number of hydrogen-bond donors (Lipinski definition) is 0. The molecule has 0 saturated carbocycles. The number of carbonyl (C=O) groups excluding carboxylic acids is 1. The first-order valence-corrected chi connectivity index (χ1v) is 10.1. The molecule has 3 heterocycles. The molecule has 9 nitrogen and oxygen atoms in total. The van der Waals surface area contributed by atoms with Gasteiger partial charge in [0.25, 0.3) is 0 Å². The number of carbonyl (C=O) groups is 1. The fourth-order valence-electron chi connectivity index (χ4n) is 4.95. The minimum absolute atomic E-state index is 0.0159. The smallest absolute Gasteiger partial charge is 0.343 e. The number of likely N-dealkylation sites (N-methyl/N-ethyl adjacent to an activating group) is 1. The van der Waals surface area contributed by atoms with Crippen molar-refractivity contribution in [1.29, 1.82) is 5.26 Å². The summed E-state index contributed by atoms with van der Waals surface area (Å²) in [7, 11) is 6.52. The molecule has 3 aliphatic heterocycles. The van der Waals surface area contributed by atoms with Crippen LogP contribution in [0.5, 0.6) is 28.7 Å². The standard InChI is InChI=1S/C23H22N2O7/c1-25-8-7-11-13(9-24)19-22(31-10-30-19)21(29-4)15(11)17(25)18-12-5-6-14(27-2)20(28-3)16(12)23(26)32-18/h5-6,17-18H,7-8,10H2,1-4H3/t17-,18+/m1/s1. The molecule has 166 valence electrons. The van der Waals surface area contributed by atoms with Crippen LogP contribution in [0.1, 0.15) is 44.8 Å². The largest absolute Gasteiger partial charge is 0.493 e. The summed E-state index contributed by atoms with van der Waals surface area (Å²) in [6, 6.07) is 5.44. The van der Waals surface area contributed by atoms with E-state index in [2.05, 4.69) is 11.0 Å². The second kappa shape index (κ2) is 7.50. The van der Waals surface area contributed by atoms with Gasteiger partial charge in [-0.25, -0.2) is 4.79 Å². The van der Waals surface area contributed by atoms with Gasteiger partial charge in [0.05, 0.1) is 27.4 Å². The molecule has 5 rings (SSSR count). The van der Waals surface area contributed by atoms with Crippen LogP contribution in [0.25, 0.3) is 0 Å². The van der Waals surface area contributed by atoms with Crippen molar-refractivity contribution in [2.45, 2.75) is 18.6 Å². The first-order valence-electron chi connectivity index (χ1n) is 10.1. The van der Waals surface area contributed by atoms with E-state index < -0.39 is 18.1 Å². The third-order valence-corrected chi connectivity index (χ3v) is 6.33. The van der Waals surface area contributed by atoms with Crippen LogP contribution in [0.2, 0.25) is 0 Å². The van der Waals surface area contributed by atoms with E-state index in [-0.39, 0.29) is 6.79 Å². The highest BCUT2D eigenvalue weighted by atomic mass is 16.7. The van der Waals surface area contributed by atoms with Crippen molar-refractivity contribution in [3.05, 3.63) is 39.9 Å². The van der Waals surface area contributed by atoms with E-state index in [1.807, 2.05) is 13.1 Å². The molecule has 32 heavy (non-hydrogen) atoms. The van der Waals surface area contributed by atoms with Crippen molar-refractivity contribution in [1.82, 2.24) is 4.90 Å². The van der Waals surface area contributed by atoms with Gasteiger partial charge in [-0.3, -0.25) is 4.90 Å². The number of rotatable bonds is 4. The molecule has 0 aromatic heterocycles. The highest BCUT2D eigenvalue weighted by molar-refractivity contribution is 5.98. The van der Waals surface area contributed by atoms with Crippen molar-refractivity contribution in [3.63, 3.8) is 0 Å². The van der Waals surface area contributed by atoms with Crippen LogP contribution in [-0.4, -0.2) is 52.6 Å². The van der Waals surface area contributed by atoms with Crippen LogP contribution >= 0.6 is 0 Å². The minimum atomic E-state index is -0.637. The van der Waals surface area contributed by atoms with Gasteiger partial charge in [0.15, 0.2) is 23.0 Å². The Labute approximate surface area is 184 Å². The number of nitriles is 1. The Kier molecular flexibility index (Phi) is 4.75. The summed E-state index contributed by atoms with van der Waals surface area (Å²) in [6.07, 6.45) is -0.0142. The Morgan fingerprint density at radius 2 is 1.84 bits per heavy atom. The summed E-state index contributed by atoms with van der Waals surface area (Å²) >= 11 is 0. The molecule has 0 radical (unpaired) electrons. The van der Waals surface area contributed by atoms with Crippen LogP contribution in [0.3, 0.4) is 0 Å². The number of nitrogens with zero attached hydrogens (tertiary/aromatic N) is 2. The maximum absolute atomic E-state index is 12.9. The maximum Gasteiger partial charge on any atom is 0.343 e. The zero-order valence-corrected chi connectivity index (χ0v) is 18.2. The number of methoxy groups -OCH3 is 3. The summed E-state index contributed by atoms with van der Waals surface area (Å²) in [4.78, 5) is 15.0. The molecule has 2 atom stereocenters. The second-order valence-corrected chi connectivity index (χ2v) is 7.74. The van der Waals surface area contributed by atoms with E-state index in [4.69, 9.17) is 28.4 Å². The van der Waals surface area contributed by atoms with E-state index in [0.717, 1.165) is 11.1 Å². The molecular weight excluding hydrogens is 416 g/mol. The maximum atomic E-state index is 12.9. The number of hydrogen-bond acceptors (Lipinski definition) is 9. The molecule has 0 bridgehead atoms. The molecule has 3 aliphatic rings. The Hall–Kier alpha value is -3.64. The molecule has 0 unspecified atom stereocenters. The lowest BCUT2D eigenvalue weighted by atomic mass is 9.83. The van der Waals surface area contributed by atoms with Crippen LogP contribution < -0.4 is 23.7 Å². The number of cyclic esters (lactones) is 1. The number of esters is 1. The van der Waals surface area contributed by atoms with Crippen LogP contribution in [0, 0.1) is 11.3 Å². The summed E-state index contributed by atoms with van der Waals surface area (Å²) in [5.74, 6) is 1.61. The van der Waals surface area contributed by atoms with Gasteiger partial charge in [-0.1, -0.05) is 6.07 Å². The summed E-state index contributed by atoms with van der Waals surface area (Å²) in [5.41, 5.74) is 3.06. The minimum Gasteiger partial charge on any atom is -0.493 e. The van der Waals surface area contributed by atoms with Gasteiger partial charge in [-0.2, -0.15) is 5.26 Å². The highest BCUT2D eigenvalue weighted by Crippen LogP contribution is 2.56. The van der Waals surface area contributed by atoms with Crippen molar-refractivity contribution in [2.75, 3.05) is 41.7 Å². The third-order valence-electron chi connectivity index (χ3n) is 6.33. The topological polar surface area (TPSA) is 99.5 Å². The fourth-order valence-corrected chi connectivity index (χ4v) is 4.95. The summed E-state index contributed by atoms with van der Waals surface area (Å²) < 4.78 is 33.8. The molecule has 0 fully saturated rings. The van der Waals surface area contributed by atoms with Gasteiger partial charge in [-0.05, 0) is 25.1 Å². The molecule has 0 saturated heterocycles. The quantitative estimate of drug-likeness (QED) is 0.667. The van der Waals surface area contributed by atoms with Crippen LogP contribution in [0.15, 0.2) is 12.1 Å². The average molecular weight is 438 g/mol. The molecular formula is C23H22N2O7. The third kappa shape index (κ3) is 2.63. The lowest BCUT2D eigenvalue weighted by Crippen LogP contribution is -2.36. The molecule has 9 heteroatoms. The molecule has 2 aromatic carbocycles. The zero-order valence-electron chi connectivity index (χ0n) is 18.2. The summed E-state index contributed by atoms with van der Waals surface area (Å²) in [5, 5.41) is 9.91. The Morgan fingerprint density at radius 1 is 1.09 bits per heavy atom. The van der Waals surface area contributed by atoms with Gasteiger partial charge in [-0.15, -0.1) is 0 Å². The predicted molar refractivity (Wildman–Crippen MR) is 111 cm³/mol. The first kappa shape index (κ1) is 20.3. The van der Waals surface area contributed by atoms with Gasteiger partial charge in [0.2, 0.25) is 12.5 Å². The summed E-state index contributed by atoms with van der Waals surface area (Å²) in [6.45, 7) is 0.674. The molecule has 0 amide bonds. The second-order valence-electron chi connectivity index (χ2n) is 7.74. The molecule has 0 spiro atoms. The van der Waals surface area contributed by atoms with Crippen molar-refractivity contribution < 1.29 is 33.2 Å². The van der Waals surface area contributed by atoms with E-state index in [9.17, 15) is 10.1 Å². The highest BCUT2D eigenvalue weighted by Gasteiger charge is 2.47. The fraction of sp³-hybridized carbons (Fsp3) is 0.391. The average Bonchev–Trinajstić information content (AvgIpc) is 3.41. The van der Waals surface area contributed by atoms with E-state index >= 15 is 0 Å². The van der Waals surface area contributed by atoms with E-state index in [1.165, 1.54) is 14.2 Å². The van der Waals surface area contributed by atoms with E-state index in [0.29, 0.717) is 58.4 Å². The van der Waals surface area contributed by atoms with Crippen LogP contribution in [0.4, 0.5) is 0 Å². The van der Waals surface area contributed by atoms with Crippen molar-refractivity contribution in [3.8, 4) is 34.8 Å². The van der Waals surface area contributed by atoms with Crippen LogP contribution in [-0.2, 0) is 11.2 Å². The monoisotopic (exact) mass is 438 g/mol. The Morgan fingerprint density at radius 3 is 2.53 bits per heavy atom. The number of fused-ring (bicyclic) bond motifs is 3. The predicted octanol–water partition coefficient (Wildman–Crippen LogP) is 2.75. The molecule has 2 aromatic rings. The van der Waals surface area contributed by atoms with Gasteiger partial charge < -0.3 is 28.4 Å². The van der Waals surface area contributed by atoms with Crippen molar-refractivity contribution >= 4 is 5.97 Å². The van der Waals surface area contributed by atoms with E-state index in [1.54, 1.807) is 13.2 Å². The Bertz CT molecular complexity index is 1170. The number of ether oxygens (including phenoxy) is 6.